The standard InChI is InChI=1S/C13H17ClN2O/c1-9(10-5-2-3-6-11(10)14)16-13(17)12-7-4-8-15-12/h2-3,5-6,9,12,15H,4,7-8H2,1H3,(H,16,17)/t9-,12-/m0/s1. The molecule has 1 heterocycles. The van der Waals surface area contributed by atoms with Crippen molar-refractivity contribution < 1.29 is 4.79 Å². The van der Waals surface area contributed by atoms with Crippen LogP contribution >= 0.6 is 11.6 Å². The van der Waals surface area contributed by atoms with Crippen LogP contribution in [0.1, 0.15) is 31.4 Å². The Morgan fingerprint density at radius 2 is 2.29 bits per heavy atom. The molecule has 2 rings (SSSR count). The van der Waals surface area contributed by atoms with Crippen LogP contribution in [-0.2, 0) is 4.79 Å². The quantitative estimate of drug-likeness (QED) is 0.867. The van der Waals surface area contributed by atoms with Crippen LogP contribution < -0.4 is 10.6 Å². The summed E-state index contributed by atoms with van der Waals surface area (Å²) in [6, 6.07) is 7.50. The van der Waals surface area contributed by atoms with Crippen LogP contribution in [0, 0.1) is 0 Å². The minimum atomic E-state index is -0.0569. The maximum absolute atomic E-state index is 11.9. The third-order valence-corrected chi connectivity index (χ3v) is 3.45. The first-order chi connectivity index (χ1) is 8.18. The smallest absolute Gasteiger partial charge is 0.237 e. The lowest BCUT2D eigenvalue weighted by molar-refractivity contribution is -0.123. The van der Waals surface area contributed by atoms with Gasteiger partial charge >= 0.3 is 0 Å². The molecule has 1 amide bonds. The summed E-state index contributed by atoms with van der Waals surface area (Å²) < 4.78 is 0. The van der Waals surface area contributed by atoms with Gasteiger partial charge in [0.25, 0.3) is 0 Å². The van der Waals surface area contributed by atoms with Gasteiger partial charge in [-0.1, -0.05) is 29.8 Å². The molecule has 0 spiro atoms. The van der Waals surface area contributed by atoms with E-state index in [1.54, 1.807) is 0 Å². The van der Waals surface area contributed by atoms with Crippen LogP contribution in [0.4, 0.5) is 0 Å². The Kier molecular flexibility index (Phi) is 4.02. The first-order valence-electron chi connectivity index (χ1n) is 5.96. The Bertz CT molecular complexity index is 402. The molecule has 3 nitrogen and oxygen atoms in total. The van der Waals surface area contributed by atoms with Crippen molar-refractivity contribution in [2.75, 3.05) is 6.54 Å². The number of benzene rings is 1. The number of amides is 1. The van der Waals surface area contributed by atoms with Gasteiger partial charge in [0, 0.05) is 5.02 Å². The molecule has 0 aromatic heterocycles. The predicted octanol–water partition coefficient (Wildman–Crippen LogP) is 2.27. The molecule has 1 aliphatic rings. The minimum Gasteiger partial charge on any atom is -0.348 e. The molecule has 4 heteroatoms. The monoisotopic (exact) mass is 252 g/mol. The predicted molar refractivity (Wildman–Crippen MR) is 69.0 cm³/mol. The zero-order valence-corrected chi connectivity index (χ0v) is 10.6. The van der Waals surface area contributed by atoms with E-state index in [0.717, 1.165) is 24.9 Å². The minimum absolute atomic E-state index is 0.0417. The topological polar surface area (TPSA) is 41.1 Å². The third-order valence-electron chi connectivity index (χ3n) is 3.11. The van der Waals surface area contributed by atoms with Crippen LogP contribution in [-0.4, -0.2) is 18.5 Å². The van der Waals surface area contributed by atoms with Gasteiger partial charge in [0.05, 0.1) is 12.1 Å². The van der Waals surface area contributed by atoms with Crippen molar-refractivity contribution in [3.8, 4) is 0 Å². The van der Waals surface area contributed by atoms with E-state index >= 15 is 0 Å². The summed E-state index contributed by atoms with van der Waals surface area (Å²) in [5.74, 6) is 0.0647. The SMILES string of the molecule is C[C@H](NC(=O)[C@@H]1CCCN1)c1ccccc1Cl. The summed E-state index contributed by atoms with van der Waals surface area (Å²) in [6.07, 6.45) is 1.99. The number of hydrogen-bond donors (Lipinski definition) is 2. The zero-order chi connectivity index (χ0) is 12.3. The molecule has 1 aromatic carbocycles. The van der Waals surface area contributed by atoms with E-state index in [4.69, 9.17) is 11.6 Å². The van der Waals surface area contributed by atoms with Crippen molar-refractivity contribution >= 4 is 17.5 Å². The van der Waals surface area contributed by atoms with Crippen molar-refractivity contribution in [2.45, 2.75) is 31.8 Å². The highest BCUT2D eigenvalue weighted by Gasteiger charge is 2.23. The van der Waals surface area contributed by atoms with Crippen LogP contribution in [0.15, 0.2) is 24.3 Å². The first kappa shape index (κ1) is 12.4. The number of halogens is 1. The molecular formula is C13H17ClN2O. The maximum atomic E-state index is 11.9. The molecule has 0 aliphatic carbocycles. The summed E-state index contributed by atoms with van der Waals surface area (Å²) in [5, 5.41) is 6.87. The van der Waals surface area contributed by atoms with Crippen LogP contribution in [0.2, 0.25) is 5.02 Å². The Labute approximate surface area is 107 Å². The van der Waals surface area contributed by atoms with Gasteiger partial charge < -0.3 is 10.6 Å². The lowest BCUT2D eigenvalue weighted by Gasteiger charge is -2.18. The van der Waals surface area contributed by atoms with Crippen LogP contribution in [0.5, 0.6) is 0 Å². The van der Waals surface area contributed by atoms with E-state index in [1.165, 1.54) is 0 Å². The molecular weight excluding hydrogens is 236 g/mol. The molecule has 1 aliphatic heterocycles. The summed E-state index contributed by atoms with van der Waals surface area (Å²) >= 11 is 6.10. The lowest BCUT2D eigenvalue weighted by Crippen LogP contribution is -2.41. The average Bonchev–Trinajstić information content (AvgIpc) is 2.82. The Morgan fingerprint density at radius 3 is 2.94 bits per heavy atom. The van der Waals surface area contributed by atoms with Crippen LogP contribution in [0.25, 0.3) is 0 Å². The van der Waals surface area contributed by atoms with Gasteiger partial charge in [0.1, 0.15) is 0 Å². The lowest BCUT2D eigenvalue weighted by atomic mass is 10.1. The Hall–Kier alpha value is -1.06. The normalized spacial score (nSPS) is 21.2. The van der Waals surface area contributed by atoms with Crippen molar-refractivity contribution in [1.29, 1.82) is 0 Å². The van der Waals surface area contributed by atoms with Crippen molar-refractivity contribution in [3.05, 3.63) is 34.9 Å². The van der Waals surface area contributed by atoms with Gasteiger partial charge in [0.2, 0.25) is 5.91 Å². The van der Waals surface area contributed by atoms with E-state index in [1.807, 2.05) is 31.2 Å². The number of carbonyl (C=O) groups excluding carboxylic acids is 1. The van der Waals surface area contributed by atoms with Gasteiger partial charge in [-0.05, 0) is 37.9 Å². The molecule has 2 atom stereocenters. The third kappa shape index (κ3) is 2.99. The molecule has 0 unspecified atom stereocenters. The van der Waals surface area contributed by atoms with E-state index in [0.29, 0.717) is 5.02 Å². The number of rotatable bonds is 3. The molecule has 1 saturated heterocycles. The molecule has 0 saturated carbocycles. The summed E-state index contributed by atoms with van der Waals surface area (Å²) in [7, 11) is 0. The highest BCUT2D eigenvalue weighted by atomic mass is 35.5. The molecule has 0 bridgehead atoms. The second-order valence-corrected chi connectivity index (χ2v) is 4.81. The van der Waals surface area contributed by atoms with E-state index in [-0.39, 0.29) is 18.0 Å². The second-order valence-electron chi connectivity index (χ2n) is 4.40. The summed E-state index contributed by atoms with van der Waals surface area (Å²) in [6.45, 7) is 2.88. The number of nitrogens with one attached hydrogen (secondary N) is 2. The highest BCUT2D eigenvalue weighted by Crippen LogP contribution is 2.22. The second kappa shape index (κ2) is 5.52. The maximum Gasteiger partial charge on any atom is 0.237 e. The average molecular weight is 253 g/mol. The molecule has 0 radical (unpaired) electrons. The molecule has 1 aromatic rings. The first-order valence-corrected chi connectivity index (χ1v) is 6.34. The van der Waals surface area contributed by atoms with E-state index in [2.05, 4.69) is 10.6 Å². The molecule has 17 heavy (non-hydrogen) atoms. The molecule has 2 N–H and O–H groups in total. The number of hydrogen-bond acceptors (Lipinski definition) is 2. The van der Waals surface area contributed by atoms with E-state index < -0.39 is 0 Å². The Morgan fingerprint density at radius 1 is 1.53 bits per heavy atom. The fourth-order valence-electron chi connectivity index (χ4n) is 2.13. The Balaban J connectivity index is 1.99. The molecule has 1 fully saturated rings. The largest absolute Gasteiger partial charge is 0.348 e. The van der Waals surface area contributed by atoms with Crippen molar-refractivity contribution in [1.82, 2.24) is 10.6 Å². The zero-order valence-electron chi connectivity index (χ0n) is 9.87. The van der Waals surface area contributed by atoms with Gasteiger partial charge in [-0.15, -0.1) is 0 Å². The fourth-order valence-corrected chi connectivity index (χ4v) is 2.43. The van der Waals surface area contributed by atoms with Gasteiger partial charge in [-0.25, -0.2) is 0 Å². The summed E-state index contributed by atoms with van der Waals surface area (Å²) in [5.41, 5.74) is 0.959. The van der Waals surface area contributed by atoms with E-state index in [9.17, 15) is 4.79 Å². The fraction of sp³-hybridized carbons (Fsp3) is 0.462. The van der Waals surface area contributed by atoms with Gasteiger partial charge in [0.15, 0.2) is 0 Å². The van der Waals surface area contributed by atoms with Gasteiger partial charge in [-0.3, -0.25) is 4.79 Å². The molecule has 92 valence electrons. The number of carbonyl (C=O) groups is 1. The van der Waals surface area contributed by atoms with Crippen molar-refractivity contribution in [3.63, 3.8) is 0 Å². The highest BCUT2D eigenvalue weighted by molar-refractivity contribution is 6.31. The van der Waals surface area contributed by atoms with Gasteiger partial charge in [-0.2, -0.15) is 0 Å². The summed E-state index contributed by atoms with van der Waals surface area (Å²) in [4.78, 5) is 11.9. The van der Waals surface area contributed by atoms with Crippen molar-refractivity contribution in [2.24, 2.45) is 0 Å². The van der Waals surface area contributed by atoms with Crippen LogP contribution in [0.3, 0.4) is 0 Å².